The molecule has 0 spiro atoms. The van der Waals surface area contributed by atoms with Crippen molar-refractivity contribution in [1.29, 1.82) is 0 Å². The number of hydrogen-bond donors (Lipinski definition) is 0. The molecule has 1 amide bonds. The Labute approximate surface area is 129 Å². The number of nitrogens with zero attached hydrogens (tertiary/aromatic N) is 2. The van der Waals surface area contributed by atoms with Gasteiger partial charge in [-0.25, -0.2) is 4.98 Å². The van der Waals surface area contributed by atoms with E-state index in [2.05, 4.69) is 4.98 Å². The van der Waals surface area contributed by atoms with E-state index in [1.54, 1.807) is 24.3 Å². The Bertz CT molecular complexity index is 821. The lowest BCUT2D eigenvalue weighted by atomic mass is 10.2. The molecule has 2 aromatic carbocycles. The zero-order chi connectivity index (χ0) is 16.6. The van der Waals surface area contributed by atoms with E-state index in [1.807, 2.05) is 12.1 Å². The quantitative estimate of drug-likeness (QED) is 0.716. The molecule has 0 aliphatic heterocycles. The summed E-state index contributed by atoms with van der Waals surface area (Å²) in [5, 5.41) is 0. The number of benzene rings is 2. The third-order valence-corrected chi connectivity index (χ3v) is 3.34. The Kier molecular flexibility index (Phi) is 3.55. The molecular formula is C16H11F3N2O2. The lowest BCUT2D eigenvalue weighted by Crippen LogP contribution is -2.38. The van der Waals surface area contributed by atoms with Crippen molar-refractivity contribution in [3.05, 3.63) is 48.5 Å². The molecule has 118 valence electrons. The van der Waals surface area contributed by atoms with Gasteiger partial charge >= 0.3 is 12.1 Å². The maximum atomic E-state index is 12.4. The van der Waals surface area contributed by atoms with Gasteiger partial charge in [0.15, 0.2) is 5.58 Å². The number of aromatic nitrogens is 1. The molecule has 23 heavy (non-hydrogen) atoms. The largest absolute Gasteiger partial charge is 0.471 e. The monoisotopic (exact) mass is 320 g/mol. The van der Waals surface area contributed by atoms with Gasteiger partial charge < -0.3 is 9.32 Å². The van der Waals surface area contributed by atoms with Crippen molar-refractivity contribution < 1.29 is 22.4 Å². The Hall–Kier alpha value is -2.83. The van der Waals surface area contributed by atoms with E-state index in [0.29, 0.717) is 27.5 Å². The molecule has 3 aromatic rings. The Morgan fingerprint density at radius 2 is 1.74 bits per heavy atom. The maximum absolute atomic E-state index is 12.4. The average molecular weight is 320 g/mol. The zero-order valence-corrected chi connectivity index (χ0v) is 12.0. The summed E-state index contributed by atoms with van der Waals surface area (Å²) in [5.41, 5.74) is 2.05. The molecule has 0 radical (unpaired) electrons. The molecule has 0 aliphatic carbocycles. The third-order valence-electron chi connectivity index (χ3n) is 3.34. The summed E-state index contributed by atoms with van der Waals surface area (Å²) >= 11 is 0. The highest BCUT2D eigenvalue weighted by atomic mass is 19.4. The van der Waals surface area contributed by atoms with Crippen molar-refractivity contribution in [3.63, 3.8) is 0 Å². The molecule has 3 rings (SSSR count). The second-order valence-corrected chi connectivity index (χ2v) is 4.90. The highest BCUT2D eigenvalue weighted by Gasteiger charge is 2.41. The van der Waals surface area contributed by atoms with Crippen LogP contribution in [0.3, 0.4) is 0 Å². The van der Waals surface area contributed by atoms with Gasteiger partial charge in [0.2, 0.25) is 5.89 Å². The van der Waals surface area contributed by atoms with E-state index in [0.717, 1.165) is 7.05 Å². The number of anilines is 1. The van der Waals surface area contributed by atoms with Gasteiger partial charge in [-0.2, -0.15) is 13.2 Å². The predicted octanol–water partition coefficient (Wildman–Crippen LogP) is 4.02. The Balaban J connectivity index is 1.88. The second-order valence-electron chi connectivity index (χ2n) is 4.90. The molecule has 0 saturated carbocycles. The molecule has 1 heterocycles. The van der Waals surface area contributed by atoms with Crippen LogP contribution in [0.4, 0.5) is 18.9 Å². The molecule has 4 nitrogen and oxygen atoms in total. The van der Waals surface area contributed by atoms with Gasteiger partial charge in [0.25, 0.3) is 0 Å². The van der Waals surface area contributed by atoms with Crippen molar-refractivity contribution in [1.82, 2.24) is 4.98 Å². The van der Waals surface area contributed by atoms with E-state index < -0.39 is 12.1 Å². The van der Waals surface area contributed by atoms with Crippen LogP contribution in [0, 0.1) is 0 Å². The van der Waals surface area contributed by atoms with Crippen LogP contribution >= 0.6 is 0 Å². The minimum Gasteiger partial charge on any atom is -0.436 e. The summed E-state index contributed by atoms with van der Waals surface area (Å²) in [6.45, 7) is 0. The predicted molar refractivity (Wildman–Crippen MR) is 78.9 cm³/mol. The van der Waals surface area contributed by atoms with Gasteiger partial charge in [-0.3, -0.25) is 4.79 Å². The lowest BCUT2D eigenvalue weighted by molar-refractivity contribution is -0.170. The summed E-state index contributed by atoms with van der Waals surface area (Å²) < 4.78 is 42.9. The van der Waals surface area contributed by atoms with Crippen LogP contribution in [-0.4, -0.2) is 24.1 Å². The molecule has 0 atom stereocenters. The number of fused-ring (bicyclic) bond motifs is 1. The van der Waals surface area contributed by atoms with Crippen molar-refractivity contribution in [2.24, 2.45) is 0 Å². The van der Waals surface area contributed by atoms with Crippen LogP contribution in [0.25, 0.3) is 22.6 Å². The summed E-state index contributed by atoms with van der Waals surface area (Å²) in [6.07, 6.45) is -4.91. The first-order valence-electron chi connectivity index (χ1n) is 6.67. The van der Waals surface area contributed by atoms with Gasteiger partial charge in [-0.1, -0.05) is 12.1 Å². The first-order valence-corrected chi connectivity index (χ1v) is 6.67. The van der Waals surface area contributed by atoms with E-state index in [1.165, 1.54) is 12.1 Å². The first-order chi connectivity index (χ1) is 10.9. The van der Waals surface area contributed by atoms with Crippen LogP contribution in [0.2, 0.25) is 0 Å². The number of hydrogen-bond acceptors (Lipinski definition) is 3. The molecule has 7 heteroatoms. The number of alkyl halides is 3. The molecule has 0 N–H and O–H groups in total. The SMILES string of the molecule is CN(C(=O)C(F)(F)F)c1ccc(-c2nc3ccccc3o2)cc1. The van der Waals surface area contributed by atoms with E-state index in [4.69, 9.17) is 4.42 Å². The standard InChI is InChI=1S/C16H11F3N2O2/c1-21(15(22)16(17,18)19)11-8-6-10(7-9-11)14-20-12-4-2-3-5-13(12)23-14/h2-9H,1H3. The van der Waals surface area contributed by atoms with Crippen molar-refractivity contribution in [2.75, 3.05) is 11.9 Å². The van der Waals surface area contributed by atoms with Crippen LogP contribution in [-0.2, 0) is 4.79 Å². The van der Waals surface area contributed by atoms with Crippen LogP contribution < -0.4 is 4.90 Å². The van der Waals surface area contributed by atoms with Crippen LogP contribution in [0.1, 0.15) is 0 Å². The highest BCUT2D eigenvalue weighted by molar-refractivity contribution is 5.96. The van der Waals surface area contributed by atoms with Crippen molar-refractivity contribution in [2.45, 2.75) is 6.18 Å². The van der Waals surface area contributed by atoms with E-state index >= 15 is 0 Å². The minimum absolute atomic E-state index is 0.132. The van der Waals surface area contributed by atoms with Gasteiger partial charge in [0.1, 0.15) is 5.52 Å². The van der Waals surface area contributed by atoms with E-state index in [-0.39, 0.29) is 5.69 Å². The van der Waals surface area contributed by atoms with Crippen molar-refractivity contribution >= 4 is 22.7 Å². The topological polar surface area (TPSA) is 46.3 Å². The summed E-state index contributed by atoms with van der Waals surface area (Å²) in [4.78, 5) is 16.1. The molecule has 0 aliphatic rings. The lowest BCUT2D eigenvalue weighted by Gasteiger charge is -2.18. The normalized spacial score (nSPS) is 11.7. The fraction of sp³-hybridized carbons (Fsp3) is 0.125. The van der Waals surface area contributed by atoms with E-state index in [9.17, 15) is 18.0 Å². The summed E-state index contributed by atoms with van der Waals surface area (Å²) in [5.74, 6) is -1.56. The van der Waals surface area contributed by atoms with Gasteiger partial charge in [0.05, 0.1) is 0 Å². The molecule has 0 unspecified atom stereocenters. The zero-order valence-electron chi connectivity index (χ0n) is 12.0. The fourth-order valence-corrected chi connectivity index (χ4v) is 2.13. The van der Waals surface area contributed by atoms with Crippen LogP contribution in [0.5, 0.6) is 0 Å². The second kappa shape index (κ2) is 5.42. The van der Waals surface area contributed by atoms with Gasteiger partial charge in [-0.15, -0.1) is 0 Å². The molecular weight excluding hydrogens is 309 g/mol. The molecule has 1 aromatic heterocycles. The third kappa shape index (κ3) is 2.90. The Morgan fingerprint density at radius 3 is 2.35 bits per heavy atom. The smallest absolute Gasteiger partial charge is 0.436 e. The summed E-state index contributed by atoms with van der Waals surface area (Å²) in [6, 6.07) is 13.2. The minimum atomic E-state index is -4.91. The number of para-hydroxylation sites is 2. The number of rotatable bonds is 2. The number of halogens is 3. The van der Waals surface area contributed by atoms with Crippen LogP contribution in [0.15, 0.2) is 52.9 Å². The summed E-state index contributed by atoms with van der Waals surface area (Å²) in [7, 11) is 1.07. The molecule has 0 fully saturated rings. The maximum Gasteiger partial charge on any atom is 0.471 e. The number of oxazole rings is 1. The molecule has 0 bridgehead atoms. The highest BCUT2D eigenvalue weighted by Crippen LogP contribution is 2.27. The Morgan fingerprint density at radius 1 is 1.09 bits per heavy atom. The number of carbonyl (C=O) groups excluding carboxylic acids is 1. The van der Waals surface area contributed by atoms with Crippen molar-refractivity contribution in [3.8, 4) is 11.5 Å². The van der Waals surface area contributed by atoms with Gasteiger partial charge in [0, 0.05) is 18.3 Å². The average Bonchev–Trinajstić information content (AvgIpc) is 2.96. The fourth-order valence-electron chi connectivity index (χ4n) is 2.13. The molecule has 0 saturated heterocycles. The number of amides is 1. The van der Waals surface area contributed by atoms with Gasteiger partial charge in [-0.05, 0) is 36.4 Å². The first kappa shape index (κ1) is 15.1. The number of carbonyl (C=O) groups is 1.